The number of hydrogen-bond donors (Lipinski definition) is 0. The highest BCUT2D eigenvalue weighted by Crippen LogP contribution is 2.44. The number of rotatable bonds is 2. The van der Waals surface area contributed by atoms with Crippen molar-refractivity contribution < 1.29 is 0 Å². The van der Waals surface area contributed by atoms with Crippen LogP contribution in [0.15, 0.2) is 18.2 Å². The molecule has 95 valence electrons. The van der Waals surface area contributed by atoms with Gasteiger partial charge in [-0.1, -0.05) is 88.7 Å². The molecule has 17 heavy (non-hydrogen) atoms. The molecule has 0 saturated heterocycles. The van der Waals surface area contributed by atoms with Crippen molar-refractivity contribution in [2.45, 2.75) is 20.4 Å². The number of halogens is 6. The van der Waals surface area contributed by atoms with Gasteiger partial charge in [-0.25, -0.2) is 0 Å². The van der Waals surface area contributed by atoms with Crippen LogP contribution in [0.5, 0.6) is 0 Å². The first-order valence-electron chi connectivity index (χ1n) is 4.73. The lowest BCUT2D eigenvalue weighted by Crippen LogP contribution is -2.09. The van der Waals surface area contributed by atoms with Gasteiger partial charge < -0.3 is 0 Å². The first-order chi connectivity index (χ1) is 7.66. The fourth-order valence-electron chi connectivity index (χ4n) is 1.43. The van der Waals surface area contributed by atoms with Crippen molar-refractivity contribution in [2.75, 3.05) is 0 Å². The van der Waals surface area contributed by atoms with Gasteiger partial charge in [-0.15, -0.1) is 0 Å². The lowest BCUT2D eigenvalue weighted by atomic mass is 10.0. The summed E-state index contributed by atoms with van der Waals surface area (Å²) in [4.78, 5) is 0. The van der Waals surface area contributed by atoms with E-state index in [4.69, 9.17) is 69.6 Å². The Bertz CT molecular complexity index is 388. The molecule has 0 aromatic heterocycles. The van der Waals surface area contributed by atoms with Crippen LogP contribution in [0.4, 0.5) is 0 Å². The number of aryl methyl sites for hydroxylation is 1. The molecule has 0 heterocycles. The first-order valence-corrected chi connectivity index (χ1v) is 6.99. The van der Waals surface area contributed by atoms with Crippen LogP contribution in [-0.4, -0.2) is 0 Å². The molecule has 0 aliphatic carbocycles. The Morgan fingerprint density at radius 2 is 1.53 bits per heavy atom. The van der Waals surface area contributed by atoms with Gasteiger partial charge in [0.25, 0.3) is 0 Å². The Hall–Kier alpha value is 0.960. The highest BCUT2D eigenvalue weighted by atomic mass is 35.6. The predicted molar refractivity (Wildman–Crippen MR) is 78.6 cm³/mol. The van der Waals surface area contributed by atoms with E-state index in [-0.39, 0.29) is 0 Å². The Kier molecular flexibility index (Phi) is 5.60. The number of alkyl halides is 6. The average molecular weight is 354 g/mol. The molecule has 1 aromatic carbocycles. The Morgan fingerprint density at radius 1 is 0.941 bits per heavy atom. The van der Waals surface area contributed by atoms with Gasteiger partial charge in [0.2, 0.25) is 7.59 Å². The lowest BCUT2D eigenvalue weighted by Gasteiger charge is -2.20. The monoisotopic (exact) mass is 351 g/mol. The van der Waals surface area contributed by atoms with Crippen molar-refractivity contribution >= 4 is 69.6 Å². The summed E-state index contributed by atoms with van der Waals surface area (Å²) in [5.41, 5.74) is 1.88. The number of hydrogen-bond acceptors (Lipinski definition) is 0. The summed E-state index contributed by atoms with van der Waals surface area (Å²) < 4.78 is -3.08. The predicted octanol–water partition coefficient (Wildman–Crippen LogP) is 6.11. The van der Waals surface area contributed by atoms with Crippen LogP contribution in [0.25, 0.3) is 0 Å². The van der Waals surface area contributed by atoms with E-state index >= 15 is 0 Å². The van der Waals surface area contributed by atoms with Crippen LogP contribution in [0.1, 0.15) is 23.1 Å². The molecule has 1 radical (unpaired) electrons. The lowest BCUT2D eigenvalue weighted by molar-refractivity contribution is 0.963. The van der Waals surface area contributed by atoms with Crippen molar-refractivity contribution in [3.63, 3.8) is 0 Å². The smallest absolute Gasteiger partial charge is 0.0784 e. The van der Waals surface area contributed by atoms with Gasteiger partial charge in [-0.2, -0.15) is 0 Å². The van der Waals surface area contributed by atoms with Crippen LogP contribution in [0.3, 0.4) is 0 Å². The molecule has 1 rings (SSSR count). The van der Waals surface area contributed by atoms with Gasteiger partial charge in [-0.3, -0.25) is 0 Å². The zero-order valence-electron chi connectivity index (χ0n) is 8.62. The first kappa shape index (κ1) is 16.0. The van der Waals surface area contributed by atoms with Gasteiger partial charge in [0.15, 0.2) is 0 Å². The molecular formula is C11H9Cl6. The van der Waals surface area contributed by atoms with Crippen molar-refractivity contribution in [1.82, 2.24) is 0 Å². The average Bonchev–Trinajstić information content (AvgIpc) is 2.15. The maximum atomic E-state index is 5.90. The molecule has 0 aliphatic rings. The number of benzene rings is 1. The topological polar surface area (TPSA) is 0 Å². The second-order valence-electron chi connectivity index (χ2n) is 3.47. The minimum absolute atomic E-state index is 0.469. The zero-order chi connectivity index (χ0) is 13.3. The molecule has 0 nitrogen and oxygen atoms in total. The van der Waals surface area contributed by atoms with E-state index in [2.05, 4.69) is 6.92 Å². The summed E-state index contributed by atoms with van der Waals surface area (Å²) in [6.45, 7) is 3.77. The van der Waals surface area contributed by atoms with Gasteiger partial charge in [0.1, 0.15) is 0 Å². The maximum absolute atomic E-state index is 5.90. The molecule has 0 bridgehead atoms. The SMILES string of the molecule is [CH2]CCc1ccc(C(Cl)(Cl)Cl)cc1C(Cl)(Cl)Cl. The van der Waals surface area contributed by atoms with Gasteiger partial charge in [-0.05, 0) is 24.5 Å². The summed E-state index contributed by atoms with van der Waals surface area (Å²) in [5.74, 6) is 0. The minimum Gasteiger partial charge on any atom is -0.0784 e. The molecule has 0 saturated carbocycles. The van der Waals surface area contributed by atoms with Crippen molar-refractivity contribution in [3.05, 3.63) is 41.8 Å². The largest absolute Gasteiger partial charge is 0.216 e. The standard InChI is InChI=1S/C11H9Cl6/c1-2-3-7-4-5-8(10(12,13)14)6-9(7)11(15,16)17/h4-6H,1-3H2. The van der Waals surface area contributed by atoms with Gasteiger partial charge in [0, 0.05) is 11.1 Å². The van der Waals surface area contributed by atoms with Crippen LogP contribution >= 0.6 is 69.6 Å². The minimum atomic E-state index is -1.55. The highest BCUT2D eigenvalue weighted by Gasteiger charge is 2.30. The van der Waals surface area contributed by atoms with Gasteiger partial charge >= 0.3 is 0 Å². The second-order valence-corrected chi connectivity index (χ2v) is 8.03. The molecule has 0 amide bonds. The fraction of sp³-hybridized carbons (Fsp3) is 0.364. The maximum Gasteiger partial charge on any atom is 0.216 e. The van der Waals surface area contributed by atoms with Crippen LogP contribution in [0.2, 0.25) is 0 Å². The summed E-state index contributed by atoms with van der Waals surface area (Å²) in [5, 5.41) is 0. The van der Waals surface area contributed by atoms with Crippen LogP contribution < -0.4 is 0 Å². The van der Waals surface area contributed by atoms with Crippen LogP contribution in [0, 0.1) is 6.92 Å². The van der Waals surface area contributed by atoms with E-state index in [1.165, 1.54) is 0 Å². The summed E-state index contributed by atoms with van der Waals surface area (Å²) in [7, 11) is 0. The molecule has 0 atom stereocenters. The highest BCUT2D eigenvalue weighted by molar-refractivity contribution is 6.67. The molecule has 0 fully saturated rings. The third-order valence-corrected chi connectivity index (χ3v) is 3.45. The van der Waals surface area contributed by atoms with E-state index < -0.39 is 7.59 Å². The van der Waals surface area contributed by atoms with E-state index in [0.29, 0.717) is 24.0 Å². The van der Waals surface area contributed by atoms with Gasteiger partial charge in [0.05, 0.1) is 0 Å². The molecule has 6 heteroatoms. The van der Waals surface area contributed by atoms with E-state index in [9.17, 15) is 0 Å². The Morgan fingerprint density at radius 3 is 1.94 bits per heavy atom. The molecule has 0 spiro atoms. The van der Waals surface area contributed by atoms with Crippen molar-refractivity contribution in [2.24, 2.45) is 0 Å². The Labute approximate surface area is 131 Å². The third-order valence-electron chi connectivity index (χ3n) is 2.19. The van der Waals surface area contributed by atoms with Crippen molar-refractivity contribution in [1.29, 1.82) is 0 Å². The van der Waals surface area contributed by atoms with Crippen molar-refractivity contribution in [3.8, 4) is 0 Å². The molecule has 0 N–H and O–H groups in total. The molecule has 0 aliphatic heterocycles. The summed E-state index contributed by atoms with van der Waals surface area (Å²) >= 11 is 35.1. The quantitative estimate of drug-likeness (QED) is 0.563. The normalized spacial score (nSPS) is 12.9. The molecule has 0 unspecified atom stereocenters. The Balaban J connectivity index is 3.30. The summed E-state index contributed by atoms with van der Waals surface area (Å²) in [6.07, 6.45) is 1.39. The zero-order valence-corrected chi connectivity index (χ0v) is 13.2. The second kappa shape index (κ2) is 5.94. The summed E-state index contributed by atoms with van der Waals surface area (Å²) in [6, 6.07) is 5.10. The molecule has 1 aromatic rings. The van der Waals surface area contributed by atoms with E-state index in [1.54, 1.807) is 18.2 Å². The fourth-order valence-corrected chi connectivity index (χ4v) is 2.31. The van der Waals surface area contributed by atoms with E-state index in [0.717, 1.165) is 5.56 Å². The van der Waals surface area contributed by atoms with Crippen LogP contribution in [-0.2, 0) is 14.0 Å². The molecular weight excluding hydrogens is 345 g/mol. The van der Waals surface area contributed by atoms with E-state index in [1.807, 2.05) is 0 Å². The third kappa shape index (κ3) is 4.53.